The third-order valence-electron chi connectivity index (χ3n) is 7.34. The van der Waals surface area contributed by atoms with Gasteiger partial charge in [-0.2, -0.15) is 0 Å². The molecule has 0 atom stereocenters. The molecule has 0 fully saturated rings. The molecule has 146 valence electrons. The van der Waals surface area contributed by atoms with Crippen LogP contribution in [0, 0.1) is 13.8 Å². The van der Waals surface area contributed by atoms with Crippen molar-refractivity contribution in [3.8, 4) is 22.3 Å². The second-order valence-electron chi connectivity index (χ2n) is 8.93. The van der Waals surface area contributed by atoms with E-state index in [1.165, 1.54) is 57.3 Å². The summed E-state index contributed by atoms with van der Waals surface area (Å²) in [5.41, 5.74) is 14.7. The first kappa shape index (κ1) is 17.7. The fourth-order valence-electron chi connectivity index (χ4n) is 6.09. The van der Waals surface area contributed by atoms with E-state index >= 15 is 0 Å². The van der Waals surface area contributed by atoms with Crippen LogP contribution in [0.5, 0.6) is 0 Å². The van der Waals surface area contributed by atoms with Crippen molar-refractivity contribution in [2.45, 2.75) is 38.5 Å². The first-order valence-electron chi connectivity index (χ1n) is 11.1. The van der Waals surface area contributed by atoms with Crippen molar-refractivity contribution >= 4 is 0 Å². The van der Waals surface area contributed by atoms with Gasteiger partial charge in [-0.1, -0.05) is 84.9 Å². The largest absolute Gasteiger partial charge is 0.0619 e. The molecular formula is C30H26. The van der Waals surface area contributed by atoms with E-state index < -0.39 is 0 Å². The lowest BCUT2D eigenvalue weighted by Gasteiger charge is -2.21. The summed E-state index contributed by atoms with van der Waals surface area (Å²) < 4.78 is 0. The van der Waals surface area contributed by atoms with Crippen molar-refractivity contribution in [3.05, 3.63) is 118 Å². The second kappa shape index (κ2) is 6.71. The molecule has 2 aliphatic carbocycles. The Kier molecular flexibility index (Phi) is 3.96. The smallest absolute Gasteiger partial charge is 0.0107 e. The Balaban J connectivity index is 1.42. The van der Waals surface area contributed by atoms with Gasteiger partial charge in [0.05, 0.1) is 0 Å². The summed E-state index contributed by atoms with van der Waals surface area (Å²) in [6.07, 6.45) is 2.36. The zero-order valence-electron chi connectivity index (χ0n) is 17.7. The van der Waals surface area contributed by atoms with Crippen LogP contribution in [0.4, 0.5) is 0 Å². The molecule has 0 heteroatoms. The van der Waals surface area contributed by atoms with Crippen molar-refractivity contribution in [3.63, 3.8) is 0 Å². The monoisotopic (exact) mass is 386 g/mol. The Morgan fingerprint density at radius 3 is 1.43 bits per heavy atom. The molecule has 0 nitrogen and oxygen atoms in total. The molecule has 0 spiro atoms. The van der Waals surface area contributed by atoms with E-state index in [4.69, 9.17) is 0 Å². The highest BCUT2D eigenvalue weighted by Crippen LogP contribution is 2.52. The summed E-state index contributed by atoms with van der Waals surface area (Å²) in [6, 6.07) is 31.7. The van der Waals surface area contributed by atoms with E-state index in [9.17, 15) is 0 Å². The lowest BCUT2D eigenvalue weighted by atomic mass is 9.83. The molecule has 0 bridgehead atoms. The minimum Gasteiger partial charge on any atom is -0.0619 e. The van der Waals surface area contributed by atoms with E-state index in [-0.39, 0.29) is 0 Å². The lowest BCUT2D eigenvalue weighted by Crippen LogP contribution is -2.05. The molecule has 0 aromatic heterocycles. The van der Waals surface area contributed by atoms with Crippen molar-refractivity contribution in [2.24, 2.45) is 0 Å². The van der Waals surface area contributed by atoms with Gasteiger partial charge in [0.2, 0.25) is 0 Å². The number of fused-ring (bicyclic) bond motifs is 6. The Bertz CT molecular complexity index is 1180. The maximum atomic E-state index is 2.34. The van der Waals surface area contributed by atoms with Gasteiger partial charge >= 0.3 is 0 Å². The van der Waals surface area contributed by atoms with E-state index in [2.05, 4.69) is 98.8 Å². The Labute approximate surface area is 179 Å². The van der Waals surface area contributed by atoms with Crippen LogP contribution in [0.2, 0.25) is 0 Å². The van der Waals surface area contributed by atoms with Gasteiger partial charge < -0.3 is 0 Å². The molecule has 6 rings (SSSR count). The average Bonchev–Trinajstić information content (AvgIpc) is 3.27. The predicted octanol–water partition coefficient (Wildman–Crippen LogP) is 8.01. The Morgan fingerprint density at radius 1 is 0.467 bits per heavy atom. The predicted molar refractivity (Wildman–Crippen MR) is 126 cm³/mol. The van der Waals surface area contributed by atoms with Crippen LogP contribution in [0.1, 0.15) is 58.1 Å². The normalized spacial score (nSPS) is 14.3. The maximum absolute atomic E-state index is 2.34. The van der Waals surface area contributed by atoms with E-state index in [1.807, 2.05) is 0 Å². The summed E-state index contributed by atoms with van der Waals surface area (Å²) in [7, 11) is 0. The van der Waals surface area contributed by atoms with E-state index in [1.54, 1.807) is 11.1 Å². The summed E-state index contributed by atoms with van der Waals surface area (Å²) in [5, 5.41) is 0. The maximum Gasteiger partial charge on any atom is 0.0107 e. The van der Waals surface area contributed by atoms with Crippen LogP contribution in [-0.4, -0.2) is 0 Å². The van der Waals surface area contributed by atoms with Crippen LogP contribution in [-0.2, 0) is 0 Å². The summed E-state index contributed by atoms with van der Waals surface area (Å²) in [4.78, 5) is 0. The number of benzene rings is 4. The minimum absolute atomic E-state index is 0.498. The second-order valence-corrected chi connectivity index (χ2v) is 8.93. The van der Waals surface area contributed by atoms with Crippen LogP contribution < -0.4 is 0 Å². The average molecular weight is 387 g/mol. The summed E-state index contributed by atoms with van der Waals surface area (Å²) in [6.45, 7) is 4.57. The number of hydrogen-bond acceptors (Lipinski definition) is 0. The van der Waals surface area contributed by atoms with Crippen LogP contribution in [0.15, 0.2) is 84.9 Å². The van der Waals surface area contributed by atoms with E-state index in [0.717, 1.165) is 0 Å². The highest BCUT2D eigenvalue weighted by molar-refractivity contribution is 5.81. The standard InChI is InChI=1S/C30H26/c1-19-9-7-15-26-27-16-8-10-20(2)30(27)28(29(19)26)18-17-25-23-13-5-3-11-21(23)22-12-4-6-14-24(22)25/h3-16,25,28H,17-18H2,1-2H3. The molecule has 0 N–H and O–H groups in total. The van der Waals surface area contributed by atoms with Crippen molar-refractivity contribution < 1.29 is 0 Å². The van der Waals surface area contributed by atoms with Gasteiger partial charge in [0.25, 0.3) is 0 Å². The van der Waals surface area contributed by atoms with Gasteiger partial charge in [-0.15, -0.1) is 0 Å². The fraction of sp³-hybridized carbons (Fsp3) is 0.200. The topological polar surface area (TPSA) is 0 Å². The van der Waals surface area contributed by atoms with E-state index in [0.29, 0.717) is 11.8 Å². The van der Waals surface area contributed by atoms with Gasteiger partial charge in [0.1, 0.15) is 0 Å². The zero-order valence-corrected chi connectivity index (χ0v) is 17.7. The number of hydrogen-bond donors (Lipinski definition) is 0. The molecule has 0 aliphatic heterocycles. The quantitative estimate of drug-likeness (QED) is 0.334. The van der Waals surface area contributed by atoms with Crippen LogP contribution >= 0.6 is 0 Å². The number of aryl methyl sites for hydroxylation is 2. The molecule has 0 saturated heterocycles. The SMILES string of the molecule is Cc1cccc2c1C(CCC1c3ccccc3-c3ccccc31)c1c(C)cccc1-2. The minimum atomic E-state index is 0.498. The van der Waals surface area contributed by atoms with Crippen LogP contribution in [0.3, 0.4) is 0 Å². The van der Waals surface area contributed by atoms with Crippen LogP contribution in [0.25, 0.3) is 22.3 Å². The molecular weight excluding hydrogens is 360 g/mol. The highest BCUT2D eigenvalue weighted by atomic mass is 14.4. The first-order valence-corrected chi connectivity index (χ1v) is 11.1. The molecule has 0 unspecified atom stereocenters. The molecule has 2 aliphatic rings. The van der Waals surface area contributed by atoms with Gasteiger partial charge in [-0.05, 0) is 82.3 Å². The molecule has 4 aromatic rings. The lowest BCUT2D eigenvalue weighted by molar-refractivity contribution is 0.623. The molecule has 0 amide bonds. The molecule has 0 heterocycles. The van der Waals surface area contributed by atoms with Crippen molar-refractivity contribution in [1.29, 1.82) is 0 Å². The summed E-state index contributed by atoms with van der Waals surface area (Å²) >= 11 is 0. The fourth-order valence-corrected chi connectivity index (χ4v) is 6.09. The van der Waals surface area contributed by atoms with Gasteiger partial charge in [-0.3, -0.25) is 0 Å². The molecule has 0 saturated carbocycles. The highest BCUT2D eigenvalue weighted by Gasteiger charge is 2.33. The van der Waals surface area contributed by atoms with Crippen molar-refractivity contribution in [1.82, 2.24) is 0 Å². The van der Waals surface area contributed by atoms with Gasteiger partial charge in [-0.25, -0.2) is 0 Å². The Hall–Kier alpha value is -3.12. The third kappa shape index (κ3) is 2.46. The van der Waals surface area contributed by atoms with Crippen molar-refractivity contribution in [2.75, 3.05) is 0 Å². The molecule has 0 radical (unpaired) electrons. The Morgan fingerprint density at radius 2 is 0.900 bits per heavy atom. The number of rotatable bonds is 3. The molecule has 30 heavy (non-hydrogen) atoms. The van der Waals surface area contributed by atoms with Gasteiger partial charge in [0, 0.05) is 11.8 Å². The molecule has 4 aromatic carbocycles. The zero-order chi connectivity index (χ0) is 20.2. The third-order valence-corrected chi connectivity index (χ3v) is 7.34. The van der Waals surface area contributed by atoms with Gasteiger partial charge in [0.15, 0.2) is 0 Å². The summed E-state index contributed by atoms with van der Waals surface area (Å²) in [5.74, 6) is 0.996. The first-order chi connectivity index (χ1) is 14.7.